The molecule has 0 saturated carbocycles. The molecule has 1 amide bonds. The first-order valence-electron chi connectivity index (χ1n) is 20.1. The molecule has 0 radical (unpaired) electrons. The van der Waals surface area contributed by atoms with Gasteiger partial charge in [0, 0.05) is 44.1 Å². The van der Waals surface area contributed by atoms with Crippen LogP contribution in [0.4, 0.5) is 16.2 Å². The lowest BCUT2D eigenvalue weighted by Gasteiger charge is -2.48. The number of likely N-dealkylation sites (tertiary alicyclic amines) is 1. The van der Waals surface area contributed by atoms with Gasteiger partial charge in [0.05, 0.1) is 29.2 Å². The van der Waals surface area contributed by atoms with Crippen LogP contribution in [0.15, 0.2) is 72.8 Å². The van der Waals surface area contributed by atoms with Gasteiger partial charge in [0.2, 0.25) is 0 Å². The summed E-state index contributed by atoms with van der Waals surface area (Å²) in [4.78, 5) is 45.4. The van der Waals surface area contributed by atoms with Gasteiger partial charge in [-0.15, -0.1) is 0 Å². The summed E-state index contributed by atoms with van der Waals surface area (Å²) in [6.45, 7) is 6.62. The summed E-state index contributed by atoms with van der Waals surface area (Å²) in [5.41, 5.74) is 11.9. The fourth-order valence-corrected chi connectivity index (χ4v) is 8.33. The molecule has 1 saturated heterocycles. The molecule has 9 nitrogen and oxygen atoms in total. The second-order valence-electron chi connectivity index (χ2n) is 15.1. The van der Waals surface area contributed by atoms with Crippen molar-refractivity contribution in [2.45, 2.75) is 109 Å². The van der Waals surface area contributed by atoms with Crippen LogP contribution in [-0.2, 0) is 16.1 Å². The molecular formula is C44H58N4O5. The standard InChI is InChI=1S/C44H58N4O5/c1-2-3-4-5-6-7-8-9-10-14-31-52-43(51)47-29-30-48-41-37(19-15-20-39(41)47)38-32-46(28-26-44(38,48)45)27-16-21-40(49)35-22-24-36(25-23-35)42(50)53-33-34-17-12-11-13-18-34/h11-13,15,17-20,22-25,38H,2-10,14,16,21,26-33,45H2,1H3/t38-,44-/m0/s1. The molecule has 3 aromatic carbocycles. The van der Waals surface area contributed by atoms with Gasteiger partial charge >= 0.3 is 12.1 Å². The van der Waals surface area contributed by atoms with Crippen LogP contribution in [0, 0.1) is 0 Å². The van der Waals surface area contributed by atoms with Gasteiger partial charge in [0.25, 0.3) is 0 Å². The van der Waals surface area contributed by atoms with Crippen LogP contribution in [0.2, 0.25) is 0 Å². The third-order valence-electron chi connectivity index (χ3n) is 11.4. The Hall–Kier alpha value is -4.21. The van der Waals surface area contributed by atoms with Gasteiger partial charge in [-0.25, -0.2) is 9.59 Å². The molecule has 0 bridgehead atoms. The van der Waals surface area contributed by atoms with Gasteiger partial charge in [-0.2, -0.15) is 0 Å². The SMILES string of the molecule is CCCCCCCCCCCCOC(=O)N1CCN2c3c(cccc31)[C@@H]1CN(CCCC(=O)c3ccc(C(=O)OCc4ccccc4)cc3)CC[C@@]12N. The molecule has 0 spiro atoms. The first-order chi connectivity index (χ1) is 25.9. The predicted octanol–water partition coefficient (Wildman–Crippen LogP) is 8.85. The summed E-state index contributed by atoms with van der Waals surface area (Å²) in [6, 6.07) is 22.5. The minimum absolute atomic E-state index is 0.0625. The van der Waals surface area contributed by atoms with E-state index < -0.39 is 11.6 Å². The van der Waals surface area contributed by atoms with Crippen molar-refractivity contribution in [2.24, 2.45) is 5.73 Å². The summed E-state index contributed by atoms with van der Waals surface area (Å²) in [7, 11) is 0. The number of unbranched alkanes of at least 4 members (excludes halogenated alkanes) is 9. The Morgan fingerprint density at radius 3 is 2.19 bits per heavy atom. The van der Waals surface area contributed by atoms with E-state index in [0.29, 0.717) is 37.2 Å². The second kappa shape index (κ2) is 18.7. The molecule has 6 rings (SSSR count). The fourth-order valence-electron chi connectivity index (χ4n) is 8.33. The number of nitrogens with zero attached hydrogens (tertiary/aromatic N) is 3. The van der Waals surface area contributed by atoms with Gasteiger partial charge in [-0.3, -0.25) is 9.69 Å². The molecule has 0 aliphatic carbocycles. The second-order valence-corrected chi connectivity index (χ2v) is 15.1. The summed E-state index contributed by atoms with van der Waals surface area (Å²) in [5, 5.41) is 0. The van der Waals surface area contributed by atoms with Crippen LogP contribution in [0.25, 0.3) is 0 Å². The number of anilines is 2. The Balaban J connectivity index is 0.950. The number of hydrogen-bond acceptors (Lipinski definition) is 8. The maximum absolute atomic E-state index is 13.3. The minimum atomic E-state index is -0.499. The van der Waals surface area contributed by atoms with Crippen molar-refractivity contribution < 1.29 is 23.9 Å². The highest BCUT2D eigenvalue weighted by molar-refractivity contribution is 5.98. The van der Waals surface area contributed by atoms with E-state index in [4.69, 9.17) is 15.2 Å². The smallest absolute Gasteiger partial charge is 0.414 e. The molecule has 0 unspecified atom stereocenters. The molecule has 3 heterocycles. The fraction of sp³-hybridized carbons (Fsp3) is 0.523. The van der Waals surface area contributed by atoms with E-state index in [1.807, 2.05) is 42.5 Å². The third-order valence-corrected chi connectivity index (χ3v) is 11.4. The summed E-state index contributed by atoms with van der Waals surface area (Å²) in [5.74, 6) is -0.234. The summed E-state index contributed by atoms with van der Waals surface area (Å²) < 4.78 is 11.2. The number of ketones is 1. The maximum Gasteiger partial charge on any atom is 0.414 e. The number of esters is 1. The summed E-state index contributed by atoms with van der Waals surface area (Å²) in [6.07, 6.45) is 14.2. The highest BCUT2D eigenvalue weighted by Gasteiger charge is 2.54. The summed E-state index contributed by atoms with van der Waals surface area (Å²) >= 11 is 0. The quantitative estimate of drug-likeness (QED) is 0.0744. The van der Waals surface area contributed by atoms with Crippen LogP contribution >= 0.6 is 0 Å². The highest BCUT2D eigenvalue weighted by Crippen LogP contribution is 2.54. The van der Waals surface area contributed by atoms with Gasteiger partial charge in [-0.1, -0.05) is 119 Å². The normalized spacial score (nSPS) is 19.1. The van der Waals surface area contributed by atoms with Crippen LogP contribution < -0.4 is 15.5 Å². The van der Waals surface area contributed by atoms with Crippen molar-refractivity contribution in [1.29, 1.82) is 0 Å². The zero-order valence-corrected chi connectivity index (χ0v) is 31.6. The Bertz CT molecular complexity index is 1660. The van der Waals surface area contributed by atoms with E-state index in [1.165, 1.54) is 56.9 Å². The van der Waals surface area contributed by atoms with E-state index in [-0.39, 0.29) is 24.4 Å². The molecule has 284 valence electrons. The number of carbonyl (C=O) groups is 3. The first kappa shape index (κ1) is 38.5. The average molecular weight is 723 g/mol. The molecule has 0 aromatic heterocycles. The molecule has 53 heavy (non-hydrogen) atoms. The van der Waals surface area contributed by atoms with Crippen LogP contribution in [0.3, 0.4) is 0 Å². The number of piperidine rings is 1. The van der Waals surface area contributed by atoms with Crippen LogP contribution in [-0.4, -0.2) is 67.7 Å². The first-order valence-corrected chi connectivity index (χ1v) is 20.1. The Morgan fingerprint density at radius 1 is 0.755 bits per heavy atom. The predicted molar refractivity (Wildman–Crippen MR) is 211 cm³/mol. The molecule has 2 N–H and O–H groups in total. The van der Waals surface area contributed by atoms with E-state index in [1.54, 1.807) is 29.2 Å². The van der Waals surface area contributed by atoms with Gasteiger partial charge < -0.3 is 25.0 Å². The highest BCUT2D eigenvalue weighted by atomic mass is 16.6. The van der Waals surface area contributed by atoms with Crippen LogP contribution in [0.5, 0.6) is 0 Å². The number of carbonyl (C=O) groups excluding carboxylic acids is 3. The van der Waals surface area contributed by atoms with Gasteiger partial charge in [0.15, 0.2) is 5.78 Å². The van der Waals surface area contributed by atoms with E-state index in [9.17, 15) is 14.4 Å². The Kier molecular flexibility index (Phi) is 13.6. The molecule has 3 aromatic rings. The number of para-hydroxylation sites is 1. The topological polar surface area (TPSA) is 105 Å². The zero-order valence-electron chi connectivity index (χ0n) is 31.6. The lowest BCUT2D eigenvalue weighted by molar-refractivity contribution is 0.0472. The molecule has 1 fully saturated rings. The lowest BCUT2D eigenvalue weighted by atomic mass is 9.83. The Labute approximate surface area is 315 Å². The van der Waals surface area contributed by atoms with E-state index in [0.717, 1.165) is 62.3 Å². The van der Waals surface area contributed by atoms with Crippen molar-refractivity contribution in [3.8, 4) is 0 Å². The molecule has 3 aliphatic heterocycles. The molecule has 2 atom stereocenters. The number of fused-ring (bicyclic) bond motifs is 3. The number of benzene rings is 3. The number of hydrogen-bond donors (Lipinski definition) is 1. The number of amides is 1. The number of nitrogens with two attached hydrogens (primary N) is 1. The van der Waals surface area contributed by atoms with Crippen molar-refractivity contribution in [3.63, 3.8) is 0 Å². The largest absolute Gasteiger partial charge is 0.457 e. The minimum Gasteiger partial charge on any atom is -0.457 e. The number of Topliss-reactive ketones (excluding diaryl/α,β-unsaturated/α-hetero) is 1. The monoisotopic (exact) mass is 722 g/mol. The van der Waals surface area contributed by atoms with Crippen molar-refractivity contribution in [2.75, 3.05) is 49.1 Å². The average Bonchev–Trinajstić information content (AvgIpc) is 3.44. The molecule has 9 heteroatoms. The molecular weight excluding hydrogens is 665 g/mol. The van der Waals surface area contributed by atoms with Crippen molar-refractivity contribution >= 4 is 29.2 Å². The number of ether oxygens (including phenoxy) is 2. The van der Waals surface area contributed by atoms with Gasteiger partial charge in [0.1, 0.15) is 6.61 Å². The third kappa shape index (κ3) is 9.48. The lowest BCUT2D eigenvalue weighted by Crippen LogP contribution is -2.64. The number of rotatable bonds is 19. The van der Waals surface area contributed by atoms with Crippen molar-refractivity contribution in [1.82, 2.24) is 4.90 Å². The van der Waals surface area contributed by atoms with Crippen molar-refractivity contribution in [3.05, 3.63) is 95.1 Å². The van der Waals surface area contributed by atoms with E-state index in [2.05, 4.69) is 22.8 Å². The Morgan fingerprint density at radius 2 is 1.45 bits per heavy atom. The van der Waals surface area contributed by atoms with Crippen LogP contribution in [0.1, 0.15) is 128 Å². The zero-order chi connectivity index (χ0) is 37.0. The van der Waals surface area contributed by atoms with Gasteiger partial charge in [-0.05, 0) is 55.1 Å². The molecule has 3 aliphatic rings. The maximum atomic E-state index is 13.3. The van der Waals surface area contributed by atoms with E-state index >= 15 is 0 Å².